The van der Waals surface area contributed by atoms with Crippen molar-refractivity contribution >= 4 is 0 Å². The average Bonchev–Trinajstić information content (AvgIpc) is 3.38. The zero-order valence-corrected chi connectivity index (χ0v) is 14.0. The van der Waals surface area contributed by atoms with Crippen molar-refractivity contribution in [1.29, 1.82) is 5.26 Å². The van der Waals surface area contributed by atoms with Gasteiger partial charge in [0, 0.05) is 24.4 Å². The van der Waals surface area contributed by atoms with Crippen LogP contribution >= 0.6 is 0 Å². The van der Waals surface area contributed by atoms with Crippen LogP contribution in [0.2, 0.25) is 0 Å². The first-order chi connectivity index (χ1) is 11.7. The molecule has 2 unspecified atom stereocenters. The third-order valence-electron chi connectivity index (χ3n) is 5.27. The van der Waals surface area contributed by atoms with Crippen LogP contribution in [-0.4, -0.2) is 28.1 Å². The van der Waals surface area contributed by atoms with Gasteiger partial charge < -0.3 is 4.52 Å². The molecular formula is C19H22N4O. The van der Waals surface area contributed by atoms with E-state index in [0.29, 0.717) is 23.4 Å². The number of hydrogen-bond acceptors (Lipinski definition) is 5. The Morgan fingerprint density at radius 1 is 1.21 bits per heavy atom. The molecule has 0 bridgehead atoms. The van der Waals surface area contributed by atoms with E-state index in [1.54, 1.807) is 0 Å². The van der Waals surface area contributed by atoms with Crippen molar-refractivity contribution < 1.29 is 4.52 Å². The molecule has 0 N–H and O–H groups in total. The molecule has 1 aliphatic heterocycles. The summed E-state index contributed by atoms with van der Waals surface area (Å²) in [4.78, 5) is 7.13. The molecule has 1 saturated heterocycles. The van der Waals surface area contributed by atoms with Crippen LogP contribution in [0.4, 0.5) is 0 Å². The van der Waals surface area contributed by atoms with Gasteiger partial charge in [-0.25, -0.2) is 0 Å². The molecule has 1 aliphatic carbocycles. The standard InChI is InChI=1S/C19H22N4O/c1-13(15-6-4-14(11-20)5-7-15)23-10-2-3-17(12-23)18-21-19(24-22-18)16-8-9-16/h4-7,13,16-17H,2-3,8-10,12H2,1H3. The van der Waals surface area contributed by atoms with E-state index in [1.807, 2.05) is 12.1 Å². The molecule has 1 aromatic heterocycles. The van der Waals surface area contributed by atoms with Crippen LogP contribution in [0.3, 0.4) is 0 Å². The fourth-order valence-electron chi connectivity index (χ4n) is 3.53. The molecule has 4 rings (SSSR count). The highest BCUT2D eigenvalue weighted by molar-refractivity contribution is 5.32. The Labute approximate surface area is 142 Å². The molecule has 1 saturated carbocycles. The van der Waals surface area contributed by atoms with Gasteiger partial charge in [0.2, 0.25) is 5.89 Å². The van der Waals surface area contributed by atoms with Crippen LogP contribution in [0.15, 0.2) is 28.8 Å². The lowest BCUT2D eigenvalue weighted by Gasteiger charge is -2.36. The molecule has 0 spiro atoms. The second kappa shape index (κ2) is 6.37. The topological polar surface area (TPSA) is 66.0 Å². The van der Waals surface area contributed by atoms with E-state index in [1.165, 1.54) is 18.4 Å². The fourth-order valence-corrected chi connectivity index (χ4v) is 3.53. The lowest BCUT2D eigenvalue weighted by Crippen LogP contribution is -2.36. The number of piperidine rings is 1. The molecule has 1 aromatic carbocycles. The van der Waals surface area contributed by atoms with Crippen LogP contribution in [-0.2, 0) is 0 Å². The molecule has 5 heteroatoms. The summed E-state index contributed by atoms with van der Waals surface area (Å²) in [5.41, 5.74) is 1.96. The van der Waals surface area contributed by atoms with E-state index in [2.05, 4.69) is 40.2 Å². The van der Waals surface area contributed by atoms with Crippen molar-refractivity contribution in [2.75, 3.05) is 13.1 Å². The maximum atomic E-state index is 8.94. The number of nitriles is 1. The Morgan fingerprint density at radius 3 is 2.71 bits per heavy atom. The predicted octanol–water partition coefficient (Wildman–Crippen LogP) is 3.76. The molecule has 2 aliphatic rings. The molecule has 124 valence electrons. The lowest BCUT2D eigenvalue weighted by atomic mass is 9.94. The Hall–Kier alpha value is -2.19. The zero-order valence-electron chi connectivity index (χ0n) is 14.0. The highest BCUT2D eigenvalue weighted by Crippen LogP contribution is 2.40. The Balaban J connectivity index is 1.45. The average molecular weight is 322 g/mol. The zero-order chi connectivity index (χ0) is 16.5. The number of hydrogen-bond donors (Lipinski definition) is 0. The van der Waals surface area contributed by atoms with Gasteiger partial charge in [0.15, 0.2) is 5.82 Å². The first-order valence-corrected chi connectivity index (χ1v) is 8.82. The van der Waals surface area contributed by atoms with Gasteiger partial charge in [-0.15, -0.1) is 0 Å². The maximum absolute atomic E-state index is 8.94. The van der Waals surface area contributed by atoms with E-state index >= 15 is 0 Å². The SMILES string of the molecule is CC(c1ccc(C#N)cc1)N1CCCC(c2noc(C3CC3)n2)C1. The third-order valence-corrected chi connectivity index (χ3v) is 5.27. The summed E-state index contributed by atoms with van der Waals surface area (Å²) in [6, 6.07) is 10.4. The molecule has 2 heterocycles. The summed E-state index contributed by atoms with van der Waals surface area (Å²) in [5, 5.41) is 13.2. The monoisotopic (exact) mass is 322 g/mol. The van der Waals surface area contributed by atoms with Gasteiger partial charge in [-0.3, -0.25) is 4.90 Å². The van der Waals surface area contributed by atoms with Crippen LogP contribution in [0.5, 0.6) is 0 Å². The van der Waals surface area contributed by atoms with Crippen molar-refractivity contribution in [3.63, 3.8) is 0 Å². The number of rotatable bonds is 4. The highest BCUT2D eigenvalue weighted by atomic mass is 16.5. The van der Waals surface area contributed by atoms with Crippen molar-refractivity contribution in [3.05, 3.63) is 47.1 Å². The van der Waals surface area contributed by atoms with Crippen molar-refractivity contribution in [2.24, 2.45) is 0 Å². The number of likely N-dealkylation sites (tertiary alicyclic amines) is 1. The van der Waals surface area contributed by atoms with E-state index in [0.717, 1.165) is 37.6 Å². The maximum Gasteiger partial charge on any atom is 0.229 e. The van der Waals surface area contributed by atoms with Crippen molar-refractivity contribution in [1.82, 2.24) is 15.0 Å². The predicted molar refractivity (Wildman–Crippen MR) is 89.4 cm³/mol. The highest BCUT2D eigenvalue weighted by Gasteiger charge is 2.32. The molecule has 5 nitrogen and oxygen atoms in total. The largest absolute Gasteiger partial charge is 0.339 e. The second-order valence-corrected chi connectivity index (χ2v) is 7.01. The quantitative estimate of drug-likeness (QED) is 0.857. The van der Waals surface area contributed by atoms with Gasteiger partial charge in [-0.05, 0) is 56.8 Å². The summed E-state index contributed by atoms with van der Waals surface area (Å²) in [5.74, 6) is 2.59. The van der Waals surface area contributed by atoms with Gasteiger partial charge in [0.05, 0.1) is 11.6 Å². The van der Waals surface area contributed by atoms with E-state index in [-0.39, 0.29) is 0 Å². The summed E-state index contributed by atoms with van der Waals surface area (Å²) in [7, 11) is 0. The Morgan fingerprint density at radius 2 is 2.00 bits per heavy atom. The van der Waals surface area contributed by atoms with E-state index in [9.17, 15) is 0 Å². The summed E-state index contributed by atoms with van der Waals surface area (Å²) in [6.07, 6.45) is 4.65. The summed E-state index contributed by atoms with van der Waals surface area (Å²) < 4.78 is 5.44. The van der Waals surface area contributed by atoms with Crippen LogP contribution in [0.25, 0.3) is 0 Å². The molecule has 0 radical (unpaired) electrons. The van der Waals surface area contributed by atoms with Gasteiger partial charge in [0.25, 0.3) is 0 Å². The van der Waals surface area contributed by atoms with E-state index < -0.39 is 0 Å². The molecule has 0 amide bonds. The summed E-state index contributed by atoms with van der Waals surface area (Å²) in [6.45, 7) is 4.28. The minimum atomic E-state index is 0.329. The molecule has 24 heavy (non-hydrogen) atoms. The molecule has 2 fully saturated rings. The minimum absolute atomic E-state index is 0.329. The van der Waals surface area contributed by atoms with Gasteiger partial charge in [-0.2, -0.15) is 10.2 Å². The van der Waals surface area contributed by atoms with E-state index in [4.69, 9.17) is 9.78 Å². The number of benzene rings is 1. The number of nitrogens with zero attached hydrogens (tertiary/aromatic N) is 4. The molecule has 2 aromatic rings. The molecule has 2 atom stereocenters. The fraction of sp³-hybridized carbons (Fsp3) is 0.526. The Bertz CT molecular complexity index is 741. The smallest absolute Gasteiger partial charge is 0.229 e. The van der Waals surface area contributed by atoms with Gasteiger partial charge in [-0.1, -0.05) is 17.3 Å². The number of aromatic nitrogens is 2. The van der Waals surface area contributed by atoms with Crippen LogP contribution < -0.4 is 0 Å². The van der Waals surface area contributed by atoms with Crippen LogP contribution in [0, 0.1) is 11.3 Å². The van der Waals surface area contributed by atoms with Gasteiger partial charge in [0.1, 0.15) is 0 Å². The lowest BCUT2D eigenvalue weighted by molar-refractivity contribution is 0.154. The third kappa shape index (κ3) is 3.07. The molecular weight excluding hydrogens is 300 g/mol. The normalized spacial score (nSPS) is 22.9. The summed E-state index contributed by atoms with van der Waals surface area (Å²) >= 11 is 0. The minimum Gasteiger partial charge on any atom is -0.339 e. The second-order valence-electron chi connectivity index (χ2n) is 7.01. The van der Waals surface area contributed by atoms with Crippen molar-refractivity contribution in [3.8, 4) is 6.07 Å². The van der Waals surface area contributed by atoms with Gasteiger partial charge >= 0.3 is 0 Å². The Kier molecular flexibility index (Phi) is 4.07. The first kappa shape index (κ1) is 15.3. The van der Waals surface area contributed by atoms with Crippen molar-refractivity contribution in [2.45, 2.75) is 50.5 Å². The first-order valence-electron chi connectivity index (χ1n) is 8.82. The van der Waals surface area contributed by atoms with Crippen LogP contribution in [0.1, 0.15) is 73.3 Å².